The van der Waals surface area contributed by atoms with Crippen LogP contribution in [0, 0.1) is 0 Å². The lowest BCUT2D eigenvalue weighted by atomic mass is 10.2. The van der Waals surface area contributed by atoms with Crippen molar-refractivity contribution in [3.63, 3.8) is 0 Å². The number of ether oxygens (including phenoxy) is 2. The van der Waals surface area contributed by atoms with Gasteiger partial charge in [-0.3, -0.25) is 0 Å². The molecule has 0 saturated carbocycles. The fourth-order valence-corrected chi connectivity index (χ4v) is 2.64. The second-order valence-corrected chi connectivity index (χ2v) is 4.61. The zero-order valence-corrected chi connectivity index (χ0v) is 11.2. The van der Waals surface area contributed by atoms with Gasteiger partial charge in [-0.15, -0.1) is 11.8 Å². The van der Waals surface area contributed by atoms with Crippen molar-refractivity contribution in [3.8, 4) is 11.6 Å². The van der Waals surface area contributed by atoms with E-state index < -0.39 is 0 Å². The molecule has 4 heteroatoms. The zero-order valence-electron chi connectivity index (χ0n) is 10.4. The van der Waals surface area contributed by atoms with Gasteiger partial charge in [-0.05, 0) is 11.6 Å². The van der Waals surface area contributed by atoms with Crippen LogP contribution in [0.2, 0.25) is 0 Å². The van der Waals surface area contributed by atoms with Crippen molar-refractivity contribution in [1.82, 2.24) is 4.98 Å². The molecule has 0 fully saturated rings. The summed E-state index contributed by atoms with van der Waals surface area (Å²) < 4.78 is 10.6. The quantitative estimate of drug-likeness (QED) is 0.772. The number of benzene rings is 1. The van der Waals surface area contributed by atoms with Crippen LogP contribution >= 0.6 is 11.8 Å². The van der Waals surface area contributed by atoms with Crippen molar-refractivity contribution in [1.29, 1.82) is 0 Å². The molecule has 0 saturated heterocycles. The van der Waals surface area contributed by atoms with Gasteiger partial charge in [0.25, 0.3) is 0 Å². The Kier molecular flexibility index (Phi) is 4.47. The Morgan fingerprint density at radius 3 is 2.50 bits per heavy atom. The average Bonchev–Trinajstić information content (AvgIpc) is 2.45. The summed E-state index contributed by atoms with van der Waals surface area (Å²) in [7, 11) is 3.27. The zero-order chi connectivity index (χ0) is 12.8. The Balaban J connectivity index is 2.17. The predicted octanol–water partition coefficient (Wildman–Crippen LogP) is 3.39. The standard InChI is InChI=1S/C14H15NO2S/c1-16-12-8-9-15-14(17-2)13(12)18-10-11-6-4-3-5-7-11/h3-9H,10H2,1-2H3. The number of hydrogen-bond donors (Lipinski definition) is 0. The molecule has 0 radical (unpaired) electrons. The smallest absolute Gasteiger partial charge is 0.230 e. The third-order valence-corrected chi connectivity index (χ3v) is 3.62. The van der Waals surface area contributed by atoms with Crippen molar-refractivity contribution in [2.75, 3.05) is 14.2 Å². The summed E-state index contributed by atoms with van der Waals surface area (Å²) in [5.74, 6) is 2.26. The molecule has 94 valence electrons. The molecule has 3 nitrogen and oxygen atoms in total. The highest BCUT2D eigenvalue weighted by Gasteiger charge is 2.11. The van der Waals surface area contributed by atoms with Crippen molar-refractivity contribution in [2.24, 2.45) is 0 Å². The van der Waals surface area contributed by atoms with Crippen molar-refractivity contribution < 1.29 is 9.47 Å². The van der Waals surface area contributed by atoms with Gasteiger partial charge in [-0.25, -0.2) is 4.98 Å². The SMILES string of the molecule is COc1ccnc(OC)c1SCc1ccccc1. The molecule has 0 amide bonds. The lowest BCUT2D eigenvalue weighted by Gasteiger charge is -2.11. The van der Waals surface area contributed by atoms with Gasteiger partial charge >= 0.3 is 0 Å². The molecular formula is C14H15NO2S. The van der Waals surface area contributed by atoms with Crippen LogP contribution < -0.4 is 9.47 Å². The summed E-state index contributed by atoms with van der Waals surface area (Å²) >= 11 is 1.66. The van der Waals surface area contributed by atoms with Gasteiger partial charge in [-0.2, -0.15) is 0 Å². The average molecular weight is 261 g/mol. The Hall–Kier alpha value is -1.68. The molecule has 0 spiro atoms. The first-order valence-corrected chi connectivity index (χ1v) is 6.57. The summed E-state index contributed by atoms with van der Waals surface area (Å²) in [4.78, 5) is 5.13. The number of methoxy groups -OCH3 is 2. The second kappa shape index (κ2) is 6.31. The summed E-state index contributed by atoms with van der Waals surface area (Å²) in [5.41, 5.74) is 1.26. The number of thioether (sulfide) groups is 1. The van der Waals surface area contributed by atoms with Crippen LogP contribution in [0.3, 0.4) is 0 Å². The topological polar surface area (TPSA) is 31.4 Å². The molecule has 0 unspecified atom stereocenters. The molecule has 1 heterocycles. The van der Waals surface area contributed by atoms with E-state index in [1.165, 1.54) is 5.56 Å². The van der Waals surface area contributed by atoms with Crippen LogP contribution in [-0.4, -0.2) is 19.2 Å². The Morgan fingerprint density at radius 2 is 1.83 bits per heavy atom. The number of nitrogens with zero attached hydrogens (tertiary/aromatic N) is 1. The van der Waals surface area contributed by atoms with Crippen LogP contribution in [0.1, 0.15) is 5.56 Å². The van der Waals surface area contributed by atoms with Gasteiger partial charge in [0.05, 0.1) is 14.2 Å². The van der Waals surface area contributed by atoms with Gasteiger partial charge in [-0.1, -0.05) is 30.3 Å². The van der Waals surface area contributed by atoms with Gasteiger partial charge in [0, 0.05) is 11.9 Å². The van der Waals surface area contributed by atoms with E-state index in [-0.39, 0.29) is 0 Å². The van der Waals surface area contributed by atoms with Gasteiger partial charge in [0.15, 0.2) is 0 Å². The Morgan fingerprint density at radius 1 is 1.06 bits per heavy atom. The van der Waals surface area contributed by atoms with E-state index in [1.807, 2.05) is 24.3 Å². The monoisotopic (exact) mass is 261 g/mol. The summed E-state index contributed by atoms with van der Waals surface area (Å²) in [6, 6.07) is 12.1. The molecule has 0 bridgehead atoms. The molecule has 0 N–H and O–H groups in total. The van der Waals surface area contributed by atoms with Gasteiger partial charge < -0.3 is 9.47 Å². The first-order chi connectivity index (χ1) is 8.85. The molecule has 0 atom stereocenters. The van der Waals surface area contributed by atoms with E-state index in [0.717, 1.165) is 16.4 Å². The highest BCUT2D eigenvalue weighted by atomic mass is 32.2. The molecule has 0 aliphatic rings. The number of rotatable bonds is 5. The van der Waals surface area contributed by atoms with E-state index in [9.17, 15) is 0 Å². The lowest BCUT2D eigenvalue weighted by Crippen LogP contribution is -1.94. The van der Waals surface area contributed by atoms with Crippen LogP contribution in [0.25, 0.3) is 0 Å². The third-order valence-electron chi connectivity index (χ3n) is 2.47. The van der Waals surface area contributed by atoms with Crippen molar-refractivity contribution in [3.05, 3.63) is 48.2 Å². The first-order valence-electron chi connectivity index (χ1n) is 5.59. The van der Waals surface area contributed by atoms with Crippen LogP contribution in [0.15, 0.2) is 47.5 Å². The molecule has 18 heavy (non-hydrogen) atoms. The maximum Gasteiger partial charge on any atom is 0.230 e. The Labute approximate surface area is 111 Å². The summed E-state index contributed by atoms with van der Waals surface area (Å²) in [5, 5.41) is 0. The van der Waals surface area contributed by atoms with Gasteiger partial charge in [0.1, 0.15) is 10.6 Å². The minimum absolute atomic E-state index is 0.607. The van der Waals surface area contributed by atoms with Crippen LogP contribution in [0.5, 0.6) is 11.6 Å². The van der Waals surface area contributed by atoms with Crippen molar-refractivity contribution in [2.45, 2.75) is 10.6 Å². The summed E-state index contributed by atoms with van der Waals surface area (Å²) in [6.45, 7) is 0. The van der Waals surface area contributed by atoms with E-state index in [0.29, 0.717) is 5.88 Å². The largest absolute Gasteiger partial charge is 0.495 e. The normalized spacial score (nSPS) is 10.1. The minimum atomic E-state index is 0.607. The first kappa shape index (κ1) is 12.8. The summed E-state index contributed by atoms with van der Waals surface area (Å²) in [6.07, 6.45) is 1.68. The lowest BCUT2D eigenvalue weighted by molar-refractivity contribution is 0.364. The fourth-order valence-electron chi connectivity index (χ4n) is 1.58. The van der Waals surface area contributed by atoms with E-state index in [4.69, 9.17) is 9.47 Å². The molecular weight excluding hydrogens is 246 g/mol. The second-order valence-electron chi connectivity index (χ2n) is 3.63. The van der Waals surface area contributed by atoms with E-state index >= 15 is 0 Å². The number of aromatic nitrogens is 1. The van der Waals surface area contributed by atoms with E-state index in [1.54, 1.807) is 32.2 Å². The maximum atomic E-state index is 5.34. The van der Waals surface area contributed by atoms with Gasteiger partial charge in [0.2, 0.25) is 5.88 Å². The highest BCUT2D eigenvalue weighted by Crippen LogP contribution is 2.37. The number of pyridine rings is 1. The predicted molar refractivity (Wildman–Crippen MR) is 73.3 cm³/mol. The Bertz CT molecular complexity index is 480. The molecule has 1 aromatic carbocycles. The number of hydrogen-bond acceptors (Lipinski definition) is 4. The molecule has 0 aliphatic heterocycles. The molecule has 2 rings (SSSR count). The maximum absolute atomic E-state index is 5.34. The third kappa shape index (κ3) is 2.96. The fraction of sp³-hybridized carbons (Fsp3) is 0.214. The molecule has 2 aromatic rings. The molecule has 1 aromatic heterocycles. The molecule has 0 aliphatic carbocycles. The van der Waals surface area contributed by atoms with Crippen molar-refractivity contribution >= 4 is 11.8 Å². The van der Waals surface area contributed by atoms with Crippen LogP contribution in [0.4, 0.5) is 0 Å². The van der Waals surface area contributed by atoms with E-state index in [2.05, 4.69) is 17.1 Å². The van der Waals surface area contributed by atoms with Crippen LogP contribution in [-0.2, 0) is 5.75 Å². The minimum Gasteiger partial charge on any atom is -0.495 e. The highest BCUT2D eigenvalue weighted by molar-refractivity contribution is 7.98.